The van der Waals surface area contributed by atoms with Gasteiger partial charge in [-0.3, -0.25) is 4.79 Å². The van der Waals surface area contributed by atoms with E-state index in [-0.39, 0.29) is 12.5 Å². The molecule has 0 saturated heterocycles. The van der Waals surface area contributed by atoms with Gasteiger partial charge in [-0.05, 0) is 32.4 Å². The lowest BCUT2D eigenvalue weighted by molar-refractivity contribution is 0.0827. The molecule has 1 aromatic heterocycles. The molecule has 0 spiro atoms. The monoisotopic (exact) mass is 265 g/mol. The molecule has 5 nitrogen and oxygen atoms in total. The first kappa shape index (κ1) is 15.4. The van der Waals surface area contributed by atoms with Crippen molar-refractivity contribution >= 4 is 11.7 Å². The summed E-state index contributed by atoms with van der Waals surface area (Å²) in [5.41, 5.74) is 0.583. The lowest BCUT2D eigenvalue weighted by Gasteiger charge is -2.27. The molecular weight excluding hydrogens is 242 g/mol. The summed E-state index contributed by atoms with van der Waals surface area (Å²) in [6.07, 6.45) is 2.31. The second-order valence-electron chi connectivity index (χ2n) is 4.97. The number of hydrogen-bond acceptors (Lipinski definition) is 4. The van der Waals surface area contributed by atoms with E-state index in [0.29, 0.717) is 18.0 Å². The van der Waals surface area contributed by atoms with Gasteiger partial charge in [0, 0.05) is 39.5 Å². The second-order valence-corrected chi connectivity index (χ2v) is 4.97. The van der Waals surface area contributed by atoms with E-state index in [0.717, 1.165) is 12.4 Å². The van der Waals surface area contributed by atoms with Gasteiger partial charge in [-0.25, -0.2) is 4.98 Å². The number of aliphatic hydroxyl groups excluding tert-OH is 1. The third kappa shape index (κ3) is 4.21. The summed E-state index contributed by atoms with van der Waals surface area (Å²) in [6.45, 7) is 5.08. The Hall–Kier alpha value is -1.62. The first-order chi connectivity index (χ1) is 8.97. The highest BCUT2D eigenvalue weighted by atomic mass is 16.3. The molecule has 0 aliphatic heterocycles. The Morgan fingerprint density at radius 3 is 2.47 bits per heavy atom. The average Bonchev–Trinajstić information content (AvgIpc) is 2.38. The summed E-state index contributed by atoms with van der Waals surface area (Å²) in [6, 6.07) is 3.95. The molecule has 0 aliphatic carbocycles. The molecule has 0 aliphatic rings. The maximum absolute atomic E-state index is 11.8. The summed E-state index contributed by atoms with van der Waals surface area (Å²) in [7, 11) is 3.44. The van der Waals surface area contributed by atoms with E-state index < -0.39 is 0 Å². The minimum Gasteiger partial charge on any atom is -0.396 e. The van der Waals surface area contributed by atoms with Crippen molar-refractivity contribution in [3.8, 4) is 0 Å². The normalized spacial score (nSPS) is 10.6. The number of carbonyl (C=O) groups is 1. The van der Waals surface area contributed by atoms with E-state index in [4.69, 9.17) is 5.11 Å². The predicted octanol–water partition coefficient (Wildman–Crippen LogP) is 1.38. The van der Waals surface area contributed by atoms with Crippen molar-refractivity contribution in [1.82, 2.24) is 9.88 Å². The van der Waals surface area contributed by atoms with E-state index >= 15 is 0 Å². The Kier molecular flexibility index (Phi) is 5.76. The zero-order chi connectivity index (χ0) is 14.4. The highest BCUT2D eigenvalue weighted by Gasteiger charge is 2.13. The van der Waals surface area contributed by atoms with Crippen molar-refractivity contribution in [2.75, 3.05) is 32.1 Å². The zero-order valence-electron chi connectivity index (χ0n) is 12.1. The standard InChI is InChI=1S/C14H23N3O2/c1-11(2)17(8-5-9-18)13-7-6-12(10-15-13)14(19)16(3)4/h6-7,10-11,18H,5,8-9H2,1-4H3. The number of amides is 1. The summed E-state index contributed by atoms with van der Waals surface area (Å²) < 4.78 is 0. The summed E-state index contributed by atoms with van der Waals surface area (Å²) in [5, 5.41) is 8.92. The highest BCUT2D eigenvalue weighted by Crippen LogP contribution is 2.15. The molecule has 1 rings (SSSR count). The van der Waals surface area contributed by atoms with Crippen LogP contribution < -0.4 is 4.90 Å². The van der Waals surface area contributed by atoms with Crippen molar-refractivity contribution in [1.29, 1.82) is 0 Å². The maximum atomic E-state index is 11.8. The van der Waals surface area contributed by atoms with E-state index in [2.05, 4.69) is 23.7 Å². The summed E-state index contributed by atoms with van der Waals surface area (Å²) >= 11 is 0. The smallest absolute Gasteiger partial charge is 0.254 e. The molecule has 0 radical (unpaired) electrons. The van der Waals surface area contributed by atoms with Crippen LogP contribution in [0.4, 0.5) is 5.82 Å². The molecule has 0 fully saturated rings. The highest BCUT2D eigenvalue weighted by molar-refractivity contribution is 5.93. The fraction of sp³-hybridized carbons (Fsp3) is 0.571. The number of pyridine rings is 1. The molecule has 1 amide bonds. The van der Waals surface area contributed by atoms with Gasteiger partial charge in [0.05, 0.1) is 5.56 Å². The van der Waals surface area contributed by atoms with Gasteiger partial charge in [0.2, 0.25) is 0 Å². The van der Waals surface area contributed by atoms with Crippen LogP contribution in [0, 0.1) is 0 Å². The number of anilines is 1. The van der Waals surface area contributed by atoms with E-state index in [9.17, 15) is 4.79 Å². The Morgan fingerprint density at radius 1 is 1.37 bits per heavy atom. The van der Waals surface area contributed by atoms with Gasteiger partial charge in [0.15, 0.2) is 0 Å². The van der Waals surface area contributed by atoms with Crippen LogP contribution in [0.2, 0.25) is 0 Å². The Balaban J connectivity index is 2.86. The van der Waals surface area contributed by atoms with Crippen molar-refractivity contribution in [2.24, 2.45) is 0 Å². The summed E-state index contributed by atoms with van der Waals surface area (Å²) in [4.78, 5) is 19.8. The van der Waals surface area contributed by atoms with Crippen LogP contribution >= 0.6 is 0 Å². The molecule has 0 unspecified atom stereocenters. The molecule has 19 heavy (non-hydrogen) atoms. The van der Waals surface area contributed by atoms with Crippen LogP contribution in [0.5, 0.6) is 0 Å². The third-order valence-electron chi connectivity index (χ3n) is 2.88. The van der Waals surface area contributed by atoms with E-state index in [1.807, 2.05) is 6.07 Å². The van der Waals surface area contributed by atoms with Crippen molar-refractivity contribution < 1.29 is 9.90 Å². The Bertz CT molecular complexity index is 402. The quantitative estimate of drug-likeness (QED) is 0.844. The molecule has 0 atom stereocenters. The van der Waals surface area contributed by atoms with Gasteiger partial charge in [-0.1, -0.05) is 0 Å². The average molecular weight is 265 g/mol. The fourth-order valence-electron chi connectivity index (χ4n) is 1.82. The minimum absolute atomic E-state index is 0.0505. The van der Waals surface area contributed by atoms with E-state index in [1.165, 1.54) is 4.90 Å². The lowest BCUT2D eigenvalue weighted by Crippen LogP contribution is -2.33. The molecule has 1 aromatic rings. The number of hydrogen-bond donors (Lipinski definition) is 1. The topological polar surface area (TPSA) is 56.7 Å². The number of nitrogens with zero attached hydrogens (tertiary/aromatic N) is 3. The van der Waals surface area contributed by atoms with Crippen LogP contribution in [-0.2, 0) is 0 Å². The first-order valence-electron chi connectivity index (χ1n) is 6.52. The largest absolute Gasteiger partial charge is 0.396 e. The SMILES string of the molecule is CC(C)N(CCCO)c1ccc(C(=O)N(C)C)cn1. The number of aromatic nitrogens is 1. The molecule has 1 heterocycles. The maximum Gasteiger partial charge on any atom is 0.254 e. The number of carbonyl (C=O) groups excluding carboxylic acids is 1. The van der Waals surface area contributed by atoms with Crippen LogP contribution in [0.1, 0.15) is 30.6 Å². The second kappa shape index (κ2) is 7.09. The van der Waals surface area contributed by atoms with Crippen molar-refractivity contribution in [3.63, 3.8) is 0 Å². The minimum atomic E-state index is -0.0505. The Morgan fingerprint density at radius 2 is 2.05 bits per heavy atom. The molecule has 0 saturated carbocycles. The van der Waals surface area contributed by atoms with Gasteiger partial charge < -0.3 is 14.9 Å². The van der Waals surface area contributed by atoms with Crippen LogP contribution in [0.3, 0.4) is 0 Å². The van der Waals surface area contributed by atoms with Crippen molar-refractivity contribution in [3.05, 3.63) is 23.9 Å². The van der Waals surface area contributed by atoms with Crippen LogP contribution in [-0.4, -0.2) is 54.2 Å². The third-order valence-corrected chi connectivity index (χ3v) is 2.88. The molecular formula is C14H23N3O2. The molecule has 5 heteroatoms. The van der Waals surface area contributed by atoms with Crippen molar-refractivity contribution in [2.45, 2.75) is 26.3 Å². The van der Waals surface area contributed by atoms with Gasteiger partial charge >= 0.3 is 0 Å². The van der Waals surface area contributed by atoms with Crippen LogP contribution in [0.15, 0.2) is 18.3 Å². The summed E-state index contributed by atoms with van der Waals surface area (Å²) in [5.74, 6) is 0.782. The lowest BCUT2D eigenvalue weighted by atomic mass is 10.2. The molecule has 106 valence electrons. The zero-order valence-corrected chi connectivity index (χ0v) is 12.1. The van der Waals surface area contributed by atoms with E-state index in [1.54, 1.807) is 26.4 Å². The first-order valence-corrected chi connectivity index (χ1v) is 6.52. The molecule has 0 bridgehead atoms. The van der Waals surface area contributed by atoms with Gasteiger partial charge in [-0.2, -0.15) is 0 Å². The van der Waals surface area contributed by atoms with Crippen LogP contribution in [0.25, 0.3) is 0 Å². The number of rotatable bonds is 6. The fourth-order valence-corrected chi connectivity index (χ4v) is 1.82. The molecule has 0 aromatic carbocycles. The van der Waals surface area contributed by atoms with Gasteiger partial charge in [0.25, 0.3) is 5.91 Å². The number of aliphatic hydroxyl groups is 1. The predicted molar refractivity (Wildman–Crippen MR) is 76.4 cm³/mol. The van der Waals surface area contributed by atoms with Gasteiger partial charge in [0.1, 0.15) is 5.82 Å². The van der Waals surface area contributed by atoms with Gasteiger partial charge in [-0.15, -0.1) is 0 Å². The molecule has 1 N–H and O–H groups in total. The Labute approximate surface area is 114 Å².